The van der Waals surface area contributed by atoms with Crippen LogP contribution in [0.1, 0.15) is 116 Å². The topological polar surface area (TPSA) is 277 Å². The lowest BCUT2D eigenvalue weighted by Gasteiger charge is -2.55. The van der Waals surface area contributed by atoms with Crippen LogP contribution in [0.4, 0.5) is 18.4 Å². The van der Waals surface area contributed by atoms with Crippen molar-refractivity contribution in [3.8, 4) is 34.0 Å². The lowest BCUT2D eigenvalue weighted by atomic mass is 9.97. The Balaban J connectivity index is 0.000000192. The zero-order valence-electron chi connectivity index (χ0n) is 67.1. The van der Waals surface area contributed by atoms with Crippen molar-refractivity contribution in [1.82, 2.24) is 70.6 Å². The van der Waals surface area contributed by atoms with Crippen LogP contribution < -0.4 is 15.4 Å². The number of rotatable bonds is 29. The maximum atomic E-state index is 14.9. The van der Waals surface area contributed by atoms with Crippen LogP contribution in [-0.2, 0) is 76.1 Å². The van der Waals surface area contributed by atoms with Crippen LogP contribution in [0.25, 0.3) is 44.3 Å². The van der Waals surface area contributed by atoms with Crippen LogP contribution in [0.15, 0.2) is 252 Å². The number of carbonyl (C=O) groups excluding carboxylic acids is 7. The highest BCUT2D eigenvalue weighted by Gasteiger charge is 2.54. The first-order chi connectivity index (χ1) is 59.0. The zero-order chi connectivity index (χ0) is 83.7. The Morgan fingerprint density at radius 1 is 0.471 bits per heavy atom. The predicted molar refractivity (Wildman–Crippen MR) is 448 cm³/mol. The second kappa shape index (κ2) is 38.9. The molecule has 8 aromatic carbocycles. The van der Waals surface area contributed by atoms with Gasteiger partial charge in [0, 0.05) is 91.9 Å². The molecule has 0 unspecified atom stereocenters. The van der Waals surface area contributed by atoms with E-state index in [-0.39, 0.29) is 125 Å². The van der Waals surface area contributed by atoms with E-state index in [4.69, 9.17) is 13.8 Å². The molecule has 4 saturated heterocycles. The smallest absolute Gasteiger partial charge is 0.334 e. The summed E-state index contributed by atoms with van der Waals surface area (Å²) in [6, 6.07) is 64.0. The Kier molecular flexibility index (Phi) is 26.5. The van der Waals surface area contributed by atoms with Gasteiger partial charge in [-0.25, -0.2) is 28.4 Å². The fourth-order valence-electron chi connectivity index (χ4n) is 16.3. The molecule has 4 aliphatic heterocycles. The summed E-state index contributed by atoms with van der Waals surface area (Å²) in [4.78, 5) is 116. The Morgan fingerprint density at radius 3 is 1.35 bits per heavy atom. The molecule has 620 valence electrons. The number of urea groups is 2. The van der Waals surface area contributed by atoms with Gasteiger partial charge >= 0.3 is 18.0 Å². The molecule has 4 fully saturated rings. The molecule has 0 saturated carbocycles. The molecule has 8 heterocycles. The molecule has 0 radical (unpaired) electrons. The van der Waals surface area contributed by atoms with Crippen LogP contribution in [-0.4, -0.2) is 157 Å². The number of unbranched alkanes of at least 4 members (excludes halogenated alkanes) is 8. The van der Waals surface area contributed by atoms with Gasteiger partial charge in [-0.2, -0.15) is 10.0 Å². The average molecular weight is 1630 g/mol. The predicted octanol–water partition coefficient (Wildman–Crippen LogP) is 15.1. The molecule has 8 amide bonds. The fraction of sp³-hybridized carbons (Fsp3) is 0.287. The van der Waals surface area contributed by atoms with E-state index in [1.165, 1.54) is 77.7 Å². The maximum absolute atomic E-state index is 14.9. The molecule has 12 aromatic rings. The summed E-state index contributed by atoms with van der Waals surface area (Å²) >= 11 is 0. The minimum atomic E-state index is -0.985. The van der Waals surface area contributed by atoms with Gasteiger partial charge in [0.05, 0.1) is 50.3 Å². The van der Waals surface area contributed by atoms with Gasteiger partial charge in [-0.05, 0) is 137 Å². The fourth-order valence-corrected chi connectivity index (χ4v) is 16.3. The Labute approximate surface area is 699 Å². The normalized spacial score (nSPS) is 16.9. The summed E-state index contributed by atoms with van der Waals surface area (Å²) in [6.45, 7) is 2.66. The van der Waals surface area contributed by atoms with Crippen molar-refractivity contribution < 1.29 is 61.2 Å². The number of nitrogens with zero attached hydrogens (tertiary/aromatic N) is 12. The number of ether oxygens (including phenoxy) is 1. The number of hydrazine groups is 2. The molecule has 4 atom stereocenters. The molecular formula is C94H94F2N14O11. The number of hydrogen-bond acceptors (Lipinski definition) is 17. The summed E-state index contributed by atoms with van der Waals surface area (Å²) in [5.41, 5.74) is 8.80. The molecule has 0 bridgehead atoms. The van der Waals surface area contributed by atoms with E-state index in [0.717, 1.165) is 74.4 Å². The van der Waals surface area contributed by atoms with Crippen LogP contribution in [0.3, 0.4) is 0 Å². The summed E-state index contributed by atoms with van der Waals surface area (Å²) in [5.74, 6) is -1.00. The zero-order valence-corrected chi connectivity index (χ0v) is 67.1. The van der Waals surface area contributed by atoms with Gasteiger partial charge < -0.3 is 49.1 Å². The molecular weight excluding hydrogens is 1540 g/mol. The quantitative estimate of drug-likeness (QED) is 0.0223. The first kappa shape index (κ1) is 82.6. The standard InChI is InChI=1S/C53H58FN7O6.C41H36FN7O5/c1-2-3-4-5-6-7-8-9-13-21-51(63)66-43-28-22-38(23-29-43)31-48-52(64)58(34-41-18-14-20-46-45(41)19-15-30-55-46)36-49-60(48)50(62)37-59(61(49)53(65)56-33-39-16-11-10-12-17-39)35-44-32-47(57-67-44)40-24-26-42(54)27-25-40;42-31-15-13-29(14-16-31)36-21-33(54-45-36)24-47-26-39(51)48-37(20-27-11-17-32(50)18-12-27)40(52)46(23-30-8-4-10-35-34(30)9-5-19-43-35)25-38(48)49(47)41(53)44-22-28-6-2-1-3-7-28/h10-12,14-20,22-30,32,48-49H,2-9,13,21,31,33-37H2,1H3,(H,56,65);1-19,21,37-38,50H,20,22-26H2,(H,44,53)/t48-,49-;37-,38-/m00/s1. The minimum Gasteiger partial charge on any atom is -0.508 e. The number of hydrogen-bond donors (Lipinski definition) is 3. The third-order valence-electron chi connectivity index (χ3n) is 22.4. The largest absolute Gasteiger partial charge is 0.508 e. The number of fused-ring (bicyclic) bond motifs is 4. The van der Waals surface area contributed by atoms with Crippen LogP contribution in [0, 0.1) is 11.6 Å². The Hall–Kier alpha value is -13.5. The van der Waals surface area contributed by atoms with Gasteiger partial charge in [0.2, 0.25) is 23.6 Å². The van der Waals surface area contributed by atoms with Gasteiger partial charge in [0.25, 0.3) is 0 Å². The monoisotopic (exact) mass is 1630 g/mol. The first-order valence-corrected chi connectivity index (χ1v) is 41.1. The van der Waals surface area contributed by atoms with E-state index in [9.17, 15) is 47.4 Å². The lowest BCUT2D eigenvalue weighted by Crippen LogP contribution is -2.76. The summed E-state index contributed by atoms with van der Waals surface area (Å²) in [7, 11) is 0. The number of benzene rings is 8. The van der Waals surface area contributed by atoms with Crippen molar-refractivity contribution >= 4 is 63.5 Å². The van der Waals surface area contributed by atoms with Gasteiger partial charge in [0.15, 0.2) is 11.5 Å². The van der Waals surface area contributed by atoms with E-state index in [2.05, 4.69) is 37.8 Å². The van der Waals surface area contributed by atoms with Gasteiger partial charge in [-0.1, -0.05) is 190 Å². The highest BCUT2D eigenvalue weighted by atomic mass is 19.1. The second-order valence-corrected chi connectivity index (χ2v) is 30.8. The number of esters is 1. The third-order valence-corrected chi connectivity index (χ3v) is 22.4. The molecule has 27 heteroatoms. The molecule has 16 rings (SSSR count). The van der Waals surface area contributed by atoms with Gasteiger partial charge in [0.1, 0.15) is 58.9 Å². The molecule has 25 nitrogen and oxygen atoms in total. The molecule has 4 aliphatic rings. The summed E-state index contributed by atoms with van der Waals surface area (Å²) < 4.78 is 44.5. The summed E-state index contributed by atoms with van der Waals surface area (Å²) in [6.07, 6.45) is 12.7. The van der Waals surface area contributed by atoms with E-state index in [1.54, 1.807) is 110 Å². The van der Waals surface area contributed by atoms with Crippen molar-refractivity contribution in [3.05, 3.63) is 299 Å². The average Bonchev–Trinajstić information content (AvgIpc) is 1.01. The Morgan fingerprint density at radius 2 is 0.901 bits per heavy atom. The molecule has 0 spiro atoms. The maximum Gasteiger partial charge on any atom is 0.334 e. The Bertz CT molecular complexity index is 5580. The minimum absolute atomic E-state index is 0.00402. The highest BCUT2D eigenvalue weighted by molar-refractivity contribution is 5.94. The van der Waals surface area contributed by atoms with E-state index >= 15 is 0 Å². The van der Waals surface area contributed by atoms with E-state index < -0.39 is 36.5 Å². The molecule has 121 heavy (non-hydrogen) atoms. The summed E-state index contributed by atoms with van der Waals surface area (Å²) in [5, 5.41) is 32.5. The molecule has 0 aliphatic carbocycles. The second-order valence-electron chi connectivity index (χ2n) is 30.8. The van der Waals surface area contributed by atoms with E-state index in [0.29, 0.717) is 46.2 Å². The van der Waals surface area contributed by atoms with Crippen molar-refractivity contribution in [2.45, 2.75) is 148 Å². The van der Waals surface area contributed by atoms with Crippen molar-refractivity contribution in [2.75, 3.05) is 26.2 Å². The number of aromatic nitrogens is 4. The number of phenolic OH excluding ortho intramolecular Hbond substituents is 1. The third kappa shape index (κ3) is 20.3. The van der Waals surface area contributed by atoms with Crippen molar-refractivity contribution in [3.63, 3.8) is 0 Å². The van der Waals surface area contributed by atoms with Crippen molar-refractivity contribution in [2.24, 2.45) is 0 Å². The van der Waals surface area contributed by atoms with E-state index in [1.807, 2.05) is 133 Å². The number of amides is 8. The van der Waals surface area contributed by atoms with Crippen LogP contribution >= 0.6 is 0 Å². The van der Waals surface area contributed by atoms with Gasteiger partial charge in [-0.15, -0.1) is 0 Å². The van der Waals surface area contributed by atoms with Gasteiger partial charge in [-0.3, -0.25) is 33.9 Å². The number of pyridine rings is 2. The molecule has 4 aromatic heterocycles. The number of piperazine rings is 2. The van der Waals surface area contributed by atoms with Crippen molar-refractivity contribution in [1.29, 1.82) is 0 Å². The van der Waals surface area contributed by atoms with Crippen LogP contribution in [0.2, 0.25) is 0 Å². The number of phenols is 1. The number of halogens is 2. The SMILES string of the molecule is CCCCCCCCCCCC(=O)Oc1ccc(C[C@H]2C(=O)N(Cc3cccc4ncccc34)C[C@H]3N2C(=O)CN(Cc2cc(-c4ccc(F)cc4)no2)N3C(=O)NCc2ccccc2)cc1.O=C1[C@H](Cc2ccc(O)cc2)N2C(=O)CN(Cc3cc(-c4ccc(F)cc4)no3)N(C(=O)NCc3ccccc3)[C@H]2CN1Cc1cccc2ncccc12. The number of nitrogens with one attached hydrogen (secondary N) is 2. The number of carbonyl (C=O) groups is 7. The molecule has 3 N–H and O–H groups in total. The lowest BCUT2D eigenvalue weighted by molar-refractivity contribution is -0.193. The number of aromatic hydroxyl groups is 1. The first-order valence-electron chi connectivity index (χ1n) is 41.1. The highest BCUT2D eigenvalue weighted by Crippen LogP contribution is 2.36. The van der Waals surface area contributed by atoms with Crippen LogP contribution in [0.5, 0.6) is 11.5 Å².